The fraction of sp³-hybridized carbons (Fsp3) is 0.789. The first-order valence-corrected chi connectivity index (χ1v) is 9.80. The van der Waals surface area contributed by atoms with Gasteiger partial charge < -0.3 is 15.5 Å². The van der Waals surface area contributed by atoms with Gasteiger partial charge >= 0.3 is 0 Å². The van der Waals surface area contributed by atoms with Gasteiger partial charge in [-0.2, -0.15) is 5.10 Å². The zero-order valence-electron chi connectivity index (χ0n) is 14.6. The Morgan fingerprint density at radius 1 is 1.08 bits per heavy atom. The fourth-order valence-electron chi connectivity index (χ4n) is 6.16. The lowest BCUT2D eigenvalue weighted by Crippen LogP contribution is -2.51. The van der Waals surface area contributed by atoms with Crippen LogP contribution in [0.2, 0.25) is 0 Å². The Balaban J connectivity index is 1.30. The third kappa shape index (κ3) is 2.57. The summed E-state index contributed by atoms with van der Waals surface area (Å²) in [5, 5.41) is 15.9. The van der Waals surface area contributed by atoms with Crippen LogP contribution in [0.1, 0.15) is 38.5 Å². The molecular weight excluding hydrogens is 298 g/mol. The van der Waals surface area contributed by atoms with Gasteiger partial charge in [0.2, 0.25) is 0 Å². The molecule has 2 N–H and O–H groups in total. The van der Waals surface area contributed by atoms with E-state index in [-0.39, 0.29) is 0 Å². The fourth-order valence-corrected chi connectivity index (χ4v) is 6.16. The van der Waals surface area contributed by atoms with Crippen molar-refractivity contribution in [3.05, 3.63) is 12.3 Å². The zero-order chi connectivity index (χ0) is 16.1. The van der Waals surface area contributed by atoms with Crippen molar-refractivity contribution in [2.75, 3.05) is 30.4 Å². The van der Waals surface area contributed by atoms with Crippen LogP contribution in [0.5, 0.6) is 0 Å². The van der Waals surface area contributed by atoms with E-state index in [0.717, 1.165) is 42.6 Å². The van der Waals surface area contributed by atoms with Gasteiger partial charge in [-0.3, -0.25) is 0 Å². The minimum absolute atomic E-state index is 0.596. The third-order valence-electron chi connectivity index (χ3n) is 7.14. The maximum absolute atomic E-state index is 4.40. The van der Waals surface area contributed by atoms with Crippen LogP contribution in [0.3, 0.4) is 0 Å². The van der Waals surface area contributed by atoms with Gasteiger partial charge in [-0.15, -0.1) is 5.10 Å². The summed E-state index contributed by atoms with van der Waals surface area (Å²) in [6, 6.07) is 3.45. The molecule has 5 aliphatic rings. The number of nitrogens with zero attached hydrogens (tertiary/aromatic N) is 3. The zero-order valence-corrected chi connectivity index (χ0v) is 14.6. The molecule has 4 saturated carbocycles. The molecule has 0 unspecified atom stereocenters. The Kier molecular flexibility index (Phi) is 3.65. The first kappa shape index (κ1) is 14.9. The van der Waals surface area contributed by atoms with Crippen molar-refractivity contribution in [2.45, 2.75) is 50.6 Å². The molecule has 5 nitrogen and oxygen atoms in total. The van der Waals surface area contributed by atoms with E-state index in [0.29, 0.717) is 12.1 Å². The van der Waals surface area contributed by atoms with E-state index < -0.39 is 0 Å². The molecule has 0 spiro atoms. The minimum atomic E-state index is 0.596. The number of hydrogen-bond donors (Lipinski definition) is 2. The molecule has 1 saturated heterocycles. The Labute approximate surface area is 144 Å². The molecule has 1 aliphatic heterocycles. The van der Waals surface area contributed by atoms with Gasteiger partial charge in [-0.1, -0.05) is 0 Å². The molecule has 130 valence electrons. The Bertz CT molecular complexity index is 575. The van der Waals surface area contributed by atoms with E-state index in [9.17, 15) is 0 Å². The van der Waals surface area contributed by atoms with Gasteiger partial charge in [0.05, 0.1) is 11.9 Å². The van der Waals surface area contributed by atoms with Gasteiger partial charge in [0, 0.05) is 31.2 Å². The quantitative estimate of drug-likeness (QED) is 0.890. The van der Waals surface area contributed by atoms with Crippen LogP contribution in [0, 0.1) is 23.7 Å². The van der Waals surface area contributed by atoms with E-state index >= 15 is 0 Å². The summed E-state index contributed by atoms with van der Waals surface area (Å²) in [4.78, 5) is 2.43. The number of rotatable bonds is 4. The molecule has 6 rings (SSSR count). The molecule has 4 aliphatic carbocycles. The number of hydrogen-bond acceptors (Lipinski definition) is 5. The van der Waals surface area contributed by atoms with Crippen molar-refractivity contribution in [1.82, 2.24) is 15.5 Å². The molecule has 5 fully saturated rings. The lowest BCUT2D eigenvalue weighted by atomic mass is 9.54. The second-order valence-corrected chi connectivity index (χ2v) is 8.62. The van der Waals surface area contributed by atoms with Crippen LogP contribution in [0.4, 0.5) is 11.5 Å². The third-order valence-corrected chi connectivity index (χ3v) is 7.14. The maximum atomic E-state index is 4.40. The molecule has 0 radical (unpaired) electrons. The number of aromatic nitrogens is 2. The Morgan fingerprint density at radius 2 is 1.83 bits per heavy atom. The van der Waals surface area contributed by atoms with E-state index in [1.165, 1.54) is 44.2 Å². The van der Waals surface area contributed by atoms with Crippen LogP contribution in [0.25, 0.3) is 0 Å². The standard InChI is InChI=1S/C19H29N5/c1-20-16-2-3-24(11-16)17-9-18(23-21-10-17)22-19-14-5-12-4-13(7-14)8-15(19)6-12/h9-10,12-16,19-20H,2-8,11H2,1H3,(H,22,23)/t12?,13?,14?,15?,16-,19?/m1/s1. The summed E-state index contributed by atoms with van der Waals surface area (Å²) in [6.45, 7) is 2.17. The molecular formula is C19H29N5. The van der Waals surface area contributed by atoms with Crippen LogP contribution in [-0.4, -0.2) is 42.4 Å². The summed E-state index contributed by atoms with van der Waals surface area (Å²) >= 11 is 0. The number of likely N-dealkylation sites (N-methyl/N-ethyl adjacent to an activating group) is 1. The van der Waals surface area contributed by atoms with Crippen molar-refractivity contribution in [3.63, 3.8) is 0 Å². The second kappa shape index (κ2) is 5.87. The van der Waals surface area contributed by atoms with Crippen molar-refractivity contribution in [3.8, 4) is 0 Å². The molecule has 0 aromatic carbocycles. The first-order chi connectivity index (χ1) is 11.8. The smallest absolute Gasteiger partial charge is 0.150 e. The van der Waals surface area contributed by atoms with Crippen molar-refractivity contribution in [2.24, 2.45) is 23.7 Å². The summed E-state index contributed by atoms with van der Waals surface area (Å²) in [5.74, 6) is 4.76. The van der Waals surface area contributed by atoms with Crippen molar-refractivity contribution in [1.29, 1.82) is 0 Å². The highest BCUT2D eigenvalue weighted by Gasteiger charge is 2.48. The topological polar surface area (TPSA) is 53.1 Å². The first-order valence-electron chi connectivity index (χ1n) is 9.80. The van der Waals surface area contributed by atoms with E-state index in [4.69, 9.17) is 0 Å². The molecule has 2 heterocycles. The lowest BCUT2D eigenvalue weighted by molar-refractivity contribution is 0.00739. The average molecular weight is 327 g/mol. The largest absolute Gasteiger partial charge is 0.369 e. The lowest BCUT2D eigenvalue weighted by Gasteiger charge is -2.54. The summed E-state index contributed by atoms with van der Waals surface area (Å²) in [6.07, 6.45) is 10.4. The second-order valence-electron chi connectivity index (χ2n) is 8.62. The molecule has 0 amide bonds. The van der Waals surface area contributed by atoms with Gasteiger partial charge in [0.1, 0.15) is 0 Å². The van der Waals surface area contributed by atoms with Crippen LogP contribution >= 0.6 is 0 Å². The molecule has 1 aromatic rings. The summed E-state index contributed by atoms with van der Waals surface area (Å²) in [5.41, 5.74) is 1.22. The van der Waals surface area contributed by atoms with E-state index in [1.54, 1.807) is 0 Å². The van der Waals surface area contributed by atoms with Crippen molar-refractivity contribution >= 4 is 11.5 Å². The number of nitrogens with one attached hydrogen (secondary N) is 2. The van der Waals surface area contributed by atoms with Gasteiger partial charge in [0.15, 0.2) is 5.82 Å². The number of anilines is 2. The highest BCUT2D eigenvalue weighted by molar-refractivity contribution is 5.53. The highest BCUT2D eigenvalue weighted by atomic mass is 15.2. The minimum Gasteiger partial charge on any atom is -0.369 e. The predicted molar refractivity (Wildman–Crippen MR) is 96.2 cm³/mol. The predicted octanol–water partition coefficient (Wildman–Crippen LogP) is 2.51. The molecule has 5 heteroatoms. The average Bonchev–Trinajstić information content (AvgIpc) is 3.07. The van der Waals surface area contributed by atoms with Crippen LogP contribution in [-0.2, 0) is 0 Å². The van der Waals surface area contributed by atoms with Crippen LogP contribution in [0.15, 0.2) is 12.3 Å². The molecule has 1 atom stereocenters. The SMILES string of the molecule is CN[C@@H]1CCN(c2cnnc(NC3C4CC5CC(C4)CC3C5)c2)C1. The van der Waals surface area contributed by atoms with Gasteiger partial charge in [-0.05, 0) is 69.2 Å². The highest BCUT2D eigenvalue weighted by Crippen LogP contribution is 2.54. The summed E-state index contributed by atoms with van der Waals surface area (Å²) < 4.78 is 0. The Hall–Kier alpha value is -1.36. The van der Waals surface area contributed by atoms with Gasteiger partial charge in [0.25, 0.3) is 0 Å². The monoisotopic (exact) mass is 327 g/mol. The molecule has 4 bridgehead atoms. The molecule has 1 aromatic heterocycles. The van der Waals surface area contributed by atoms with Crippen LogP contribution < -0.4 is 15.5 Å². The van der Waals surface area contributed by atoms with E-state index in [1.807, 2.05) is 6.20 Å². The van der Waals surface area contributed by atoms with E-state index in [2.05, 4.69) is 38.8 Å². The molecule has 24 heavy (non-hydrogen) atoms. The van der Waals surface area contributed by atoms with Crippen molar-refractivity contribution < 1.29 is 0 Å². The maximum Gasteiger partial charge on any atom is 0.150 e. The summed E-state index contributed by atoms with van der Waals surface area (Å²) in [7, 11) is 2.05. The van der Waals surface area contributed by atoms with Gasteiger partial charge in [-0.25, -0.2) is 0 Å². The Morgan fingerprint density at radius 3 is 2.50 bits per heavy atom. The normalized spacial score (nSPS) is 40.3.